The summed E-state index contributed by atoms with van der Waals surface area (Å²) in [5, 5.41) is 11.6. The van der Waals surface area contributed by atoms with Gasteiger partial charge in [-0.25, -0.2) is 14.8 Å². The number of carboxylic acid groups (broad SMARTS) is 1. The molecule has 1 aromatic heterocycles. The Hall–Kier alpha value is -3.29. The number of piperidine rings is 1. The first-order valence-corrected chi connectivity index (χ1v) is 8.25. The van der Waals surface area contributed by atoms with E-state index in [9.17, 15) is 14.4 Å². The maximum absolute atomic E-state index is 12.4. The number of carbonyl (C=O) groups excluding carboxylic acids is 2. The zero-order chi connectivity index (χ0) is 18.5. The van der Waals surface area contributed by atoms with E-state index >= 15 is 0 Å². The number of aromatic carboxylic acids is 1. The van der Waals surface area contributed by atoms with Crippen molar-refractivity contribution >= 4 is 17.8 Å². The highest BCUT2D eigenvalue weighted by atomic mass is 16.4. The quantitative estimate of drug-likeness (QED) is 0.853. The summed E-state index contributed by atoms with van der Waals surface area (Å²) >= 11 is 0. The number of carboxylic acids is 1. The number of carbonyl (C=O) groups is 3. The van der Waals surface area contributed by atoms with Gasteiger partial charge in [0.25, 0.3) is 11.8 Å². The fourth-order valence-electron chi connectivity index (χ4n) is 2.81. The van der Waals surface area contributed by atoms with E-state index < -0.39 is 11.9 Å². The van der Waals surface area contributed by atoms with Gasteiger partial charge >= 0.3 is 5.97 Å². The second-order valence-corrected chi connectivity index (χ2v) is 6.00. The maximum Gasteiger partial charge on any atom is 0.356 e. The van der Waals surface area contributed by atoms with Crippen LogP contribution in [0, 0.1) is 0 Å². The molecule has 0 aliphatic carbocycles. The standard InChI is InChI=1S/C18H18N4O4/c23-16(14-10-20-15(11-19-14)18(25)26)21-13-6-8-22(9-7-13)17(24)12-4-2-1-3-5-12/h1-5,10-11,13H,6-9H2,(H,21,23)(H,25,26). The summed E-state index contributed by atoms with van der Waals surface area (Å²) in [6.45, 7) is 1.12. The van der Waals surface area contributed by atoms with Crippen LogP contribution in [0.25, 0.3) is 0 Å². The summed E-state index contributed by atoms with van der Waals surface area (Å²) in [4.78, 5) is 44.6. The molecule has 0 spiro atoms. The van der Waals surface area contributed by atoms with Gasteiger partial charge in [-0.3, -0.25) is 9.59 Å². The molecule has 1 aliphatic heterocycles. The Balaban J connectivity index is 1.53. The molecule has 1 saturated heterocycles. The van der Waals surface area contributed by atoms with Gasteiger partial charge in [0, 0.05) is 24.7 Å². The smallest absolute Gasteiger partial charge is 0.356 e. The third-order valence-corrected chi connectivity index (χ3v) is 4.24. The van der Waals surface area contributed by atoms with Crippen LogP contribution in [0.5, 0.6) is 0 Å². The van der Waals surface area contributed by atoms with Crippen LogP contribution < -0.4 is 5.32 Å². The number of rotatable bonds is 4. The highest BCUT2D eigenvalue weighted by molar-refractivity contribution is 5.94. The van der Waals surface area contributed by atoms with Gasteiger partial charge in [0.2, 0.25) is 0 Å². The molecule has 2 amide bonds. The minimum absolute atomic E-state index is 0.00879. The number of hydrogen-bond acceptors (Lipinski definition) is 5. The summed E-state index contributed by atoms with van der Waals surface area (Å²) < 4.78 is 0. The normalized spacial score (nSPS) is 14.7. The Morgan fingerprint density at radius 2 is 1.62 bits per heavy atom. The van der Waals surface area contributed by atoms with Crippen LogP contribution in [0.4, 0.5) is 0 Å². The SMILES string of the molecule is O=C(O)c1cnc(C(=O)NC2CCN(C(=O)c3ccccc3)CC2)cn1. The van der Waals surface area contributed by atoms with Crippen LogP contribution in [-0.4, -0.2) is 56.9 Å². The van der Waals surface area contributed by atoms with Crippen molar-refractivity contribution in [1.82, 2.24) is 20.2 Å². The molecule has 0 saturated carbocycles. The molecular formula is C18H18N4O4. The third kappa shape index (κ3) is 4.02. The molecule has 1 fully saturated rings. The molecule has 8 nitrogen and oxygen atoms in total. The van der Waals surface area contributed by atoms with Gasteiger partial charge in [-0.2, -0.15) is 0 Å². The lowest BCUT2D eigenvalue weighted by Gasteiger charge is -2.32. The Morgan fingerprint density at radius 3 is 2.19 bits per heavy atom. The van der Waals surface area contributed by atoms with Gasteiger partial charge in [0.05, 0.1) is 12.4 Å². The summed E-state index contributed by atoms with van der Waals surface area (Å²) in [7, 11) is 0. The number of aromatic nitrogens is 2. The van der Waals surface area contributed by atoms with E-state index in [1.54, 1.807) is 17.0 Å². The topological polar surface area (TPSA) is 112 Å². The molecule has 8 heteroatoms. The lowest BCUT2D eigenvalue weighted by Crippen LogP contribution is -2.46. The van der Waals surface area contributed by atoms with E-state index in [0.29, 0.717) is 31.5 Å². The Labute approximate surface area is 149 Å². The second kappa shape index (κ2) is 7.73. The molecule has 2 aromatic rings. The van der Waals surface area contributed by atoms with E-state index in [4.69, 9.17) is 5.11 Å². The van der Waals surface area contributed by atoms with Crippen LogP contribution in [-0.2, 0) is 0 Å². The molecule has 134 valence electrons. The number of nitrogens with one attached hydrogen (secondary N) is 1. The van der Waals surface area contributed by atoms with Gasteiger partial charge in [-0.05, 0) is 25.0 Å². The van der Waals surface area contributed by atoms with E-state index in [1.165, 1.54) is 0 Å². The van der Waals surface area contributed by atoms with Gasteiger partial charge in [-0.1, -0.05) is 18.2 Å². The zero-order valence-electron chi connectivity index (χ0n) is 14.0. The molecule has 1 aliphatic rings. The predicted octanol–water partition coefficient (Wildman–Crippen LogP) is 1.21. The van der Waals surface area contributed by atoms with Crippen LogP contribution in [0.3, 0.4) is 0 Å². The molecule has 0 bridgehead atoms. The molecule has 26 heavy (non-hydrogen) atoms. The number of benzene rings is 1. The van der Waals surface area contributed by atoms with Crippen molar-refractivity contribution in [3.05, 3.63) is 59.7 Å². The largest absolute Gasteiger partial charge is 0.476 e. The van der Waals surface area contributed by atoms with Gasteiger partial charge in [0.15, 0.2) is 5.69 Å². The number of amides is 2. The summed E-state index contributed by atoms with van der Waals surface area (Å²) in [6, 6.07) is 9.03. The van der Waals surface area contributed by atoms with Gasteiger partial charge in [0.1, 0.15) is 5.69 Å². The molecule has 0 atom stereocenters. The molecule has 0 radical (unpaired) electrons. The number of hydrogen-bond donors (Lipinski definition) is 2. The van der Waals surface area contributed by atoms with Crippen molar-refractivity contribution in [2.24, 2.45) is 0 Å². The molecule has 3 rings (SSSR count). The monoisotopic (exact) mass is 354 g/mol. The van der Waals surface area contributed by atoms with Crippen molar-refractivity contribution in [1.29, 1.82) is 0 Å². The first kappa shape index (κ1) is 17.5. The molecule has 1 aromatic carbocycles. The fraction of sp³-hybridized carbons (Fsp3) is 0.278. The lowest BCUT2D eigenvalue weighted by atomic mass is 10.0. The van der Waals surface area contributed by atoms with Crippen molar-refractivity contribution in [2.75, 3.05) is 13.1 Å². The van der Waals surface area contributed by atoms with E-state index in [-0.39, 0.29) is 23.3 Å². The van der Waals surface area contributed by atoms with Crippen LogP contribution in [0.2, 0.25) is 0 Å². The first-order chi connectivity index (χ1) is 12.5. The summed E-state index contributed by atoms with van der Waals surface area (Å²) in [6.07, 6.45) is 3.49. The molecule has 0 unspecified atom stereocenters. The number of nitrogens with zero attached hydrogens (tertiary/aromatic N) is 3. The molecule has 2 heterocycles. The molecule has 2 N–H and O–H groups in total. The zero-order valence-corrected chi connectivity index (χ0v) is 14.0. The maximum atomic E-state index is 12.4. The van der Waals surface area contributed by atoms with Crippen molar-refractivity contribution in [2.45, 2.75) is 18.9 Å². The third-order valence-electron chi connectivity index (χ3n) is 4.24. The van der Waals surface area contributed by atoms with Crippen molar-refractivity contribution < 1.29 is 19.5 Å². The van der Waals surface area contributed by atoms with Gasteiger partial charge < -0.3 is 15.3 Å². The minimum Gasteiger partial charge on any atom is -0.476 e. The highest BCUT2D eigenvalue weighted by Crippen LogP contribution is 2.14. The summed E-state index contributed by atoms with van der Waals surface area (Å²) in [5.41, 5.74) is 0.510. The predicted molar refractivity (Wildman–Crippen MR) is 91.8 cm³/mol. The van der Waals surface area contributed by atoms with E-state index in [2.05, 4.69) is 15.3 Å². The Bertz CT molecular complexity index is 800. The van der Waals surface area contributed by atoms with Crippen LogP contribution >= 0.6 is 0 Å². The van der Waals surface area contributed by atoms with E-state index in [0.717, 1.165) is 12.4 Å². The van der Waals surface area contributed by atoms with Crippen LogP contribution in [0.1, 0.15) is 44.2 Å². The Kier molecular flexibility index (Phi) is 5.21. The minimum atomic E-state index is -1.19. The second-order valence-electron chi connectivity index (χ2n) is 6.00. The lowest BCUT2D eigenvalue weighted by molar-refractivity contribution is 0.0679. The van der Waals surface area contributed by atoms with Crippen molar-refractivity contribution in [3.8, 4) is 0 Å². The van der Waals surface area contributed by atoms with Crippen LogP contribution in [0.15, 0.2) is 42.7 Å². The molecular weight excluding hydrogens is 336 g/mol. The van der Waals surface area contributed by atoms with Gasteiger partial charge in [-0.15, -0.1) is 0 Å². The van der Waals surface area contributed by atoms with E-state index in [1.807, 2.05) is 18.2 Å². The fourth-order valence-corrected chi connectivity index (χ4v) is 2.81. The van der Waals surface area contributed by atoms with Crippen molar-refractivity contribution in [3.63, 3.8) is 0 Å². The first-order valence-electron chi connectivity index (χ1n) is 8.25. The highest BCUT2D eigenvalue weighted by Gasteiger charge is 2.25. The average Bonchev–Trinajstić information content (AvgIpc) is 2.68. The summed E-state index contributed by atoms with van der Waals surface area (Å²) in [5.74, 6) is -1.60. The number of likely N-dealkylation sites (tertiary alicyclic amines) is 1. The Morgan fingerprint density at radius 1 is 1.00 bits per heavy atom. The average molecular weight is 354 g/mol.